The molecule has 0 unspecified atom stereocenters. The number of rotatable bonds is 18. The third-order valence-electron chi connectivity index (χ3n) is 7.32. The van der Waals surface area contributed by atoms with Gasteiger partial charge in [-0.05, 0) is 0 Å². The predicted molar refractivity (Wildman–Crippen MR) is 195 cm³/mol. The van der Waals surface area contributed by atoms with Crippen LogP contribution >= 0.6 is 23.8 Å². The average Bonchev–Trinajstić information content (AvgIpc) is 2.97. The Kier molecular flexibility index (Phi) is 16.1. The Morgan fingerprint density at radius 2 is 0.650 bits per heavy atom. The van der Waals surface area contributed by atoms with Crippen LogP contribution in [0.2, 0.25) is 0 Å². The van der Waals surface area contributed by atoms with E-state index in [9.17, 15) is 0 Å². The van der Waals surface area contributed by atoms with Crippen molar-refractivity contribution in [2.24, 2.45) is 0 Å². The first kappa shape index (κ1) is 34.0. The molecular formula is C36H54AsP3. The van der Waals surface area contributed by atoms with Crippen molar-refractivity contribution in [2.75, 3.05) is 37.0 Å². The summed E-state index contributed by atoms with van der Waals surface area (Å²) in [6.07, 6.45) is 15.9. The average molecular weight is 655 g/mol. The van der Waals surface area contributed by atoms with E-state index >= 15 is 0 Å². The van der Waals surface area contributed by atoms with Crippen molar-refractivity contribution in [3.8, 4) is 0 Å². The van der Waals surface area contributed by atoms with Crippen LogP contribution in [0, 0.1) is 0 Å². The summed E-state index contributed by atoms with van der Waals surface area (Å²) in [5.41, 5.74) is 0. The number of hydrogen-bond acceptors (Lipinski definition) is 0. The molecule has 3 aromatic carbocycles. The van der Waals surface area contributed by atoms with Crippen LogP contribution in [0.1, 0.15) is 80.1 Å². The topological polar surface area (TPSA) is 0 Å². The molecule has 0 spiro atoms. The molecule has 0 saturated heterocycles. The molecule has 0 heterocycles. The van der Waals surface area contributed by atoms with Crippen LogP contribution in [-0.4, -0.2) is 51.6 Å². The first-order valence-electron chi connectivity index (χ1n) is 15.9. The van der Waals surface area contributed by atoms with Gasteiger partial charge in [-0.1, -0.05) is 0 Å². The molecule has 3 aromatic rings. The van der Waals surface area contributed by atoms with Crippen LogP contribution in [0.15, 0.2) is 72.8 Å². The Balaban J connectivity index is 2.16. The molecule has 0 nitrogen and oxygen atoms in total. The molecule has 0 aliphatic heterocycles. The molecule has 0 atom stereocenters. The van der Waals surface area contributed by atoms with Gasteiger partial charge >= 0.3 is 257 Å². The Hall–Kier alpha value is -0.492. The van der Waals surface area contributed by atoms with E-state index in [1.165, 1.54) is 75.5 Å². The normalized spacial score (nSPS) is 11.8. The van der Waals surface area contributed by atoms with Crippen LogP contribution in [0.4, 0.5) is 0 Å². The van der Waals surface area contributed by atoms with Crippen LogP contribution in [0.5, 0.6) is 0 Å². The molecule has 0 aromatic heterocycles. The van der Waals surface area contributed by atoms with Gasteiger partial charge < -0.3 is 0 Å². The quantitative estimate of drug-likeness (QED) is 0.0964. The van der Waals surface area contributed by atoms with Crippen molar-refractivity contribution in [3.63, 3.8) is 0 Å². The molecule has 4 heteroatoms. The summed E-state index contributed by atoms with van der Waals surface area (Å²) in [5.74, 6) is 0. The van der Waals surface area contributed by atoms with Gasteiger partial charge in [0.2, 0.25) is 0 Å². The summed E-state index contributed by atoms with van der Waals surface area (Å²) in [5, 5.41) is 4.92. The van der Waals surface area contributed by atoms with Crippen molar-refractivity contribution in [1.29, 1.82) is 0 Å². The van der Waals surface area contributed by atoms with Crippen molar-refractivity contribution >= 4 is 67.4 Å². The van der Waals surface area contributed by atoms with Crippen molar-refractivity contribution in [2.45, 2.75) is 80.1 Å². The first-order valence-corrected chi connectivity index (χ1v) is 23.9. The molecule has 0 radical (unpaired) electrons. The van der Waals surface area contributed by atoms with Crippen LogP contribution < -0.4 is 29.0 Å². The van der Waals surface area contributed by atoms with E-state index in [2.05, 4.69) is 114 Å². The van der Waals surface area contributed by atoms with Gasteiger partial charge in [-0.15, -0.1) is 0 Å². The van der Waals surface area contributed by atoms with Gasteiger partial charge in [0.05, 0.1) is 0 Å². The SMILES string of the molecule is CCCP(CCC)c1cccc([As](c2cccc(P(CCC)CCC)c2)c2cccc(P(CCC)CCC)c2)c1. The van der Waals surface area contributed by atoms with Crippen molar-refractivity contribution < 1.29 is 0 Å². The van der Waals surface area contributed by atoms with E-state index in [1.807, 2.05) is 0 Å². The fourth-order valence-electron chi connectivity index (χ4n) is 5.66. The van der Waals surface area contributed by atoms with E-state index in [0.29, 0.717) is 0 Å². The zero-order chi connectivity index (χ0) is 28.7. The van der Waals surface area contributed by atoms with Gasteiger partial charge in [-0.25, -0.2) is 0 Å². The van der Waals surface area contributed by atoms with Gasteiger partial charge in [-0.3, -0.25) is 0 Å². The van der Waals surface area contributed by atoms with Crippen molar-refractivity contribution in [3.05, 3.63) is 72.8 Å². The van der Waals surface area contributed by atoms with Crippen LogP contribution in [-0.2, 0) is 0 Å². The van der Waals surface area contributed by atoms with Gasteiger partial charge in [0.1, 0.15) is 0 Å². The maximum atomic E-state index is 2.66. The zero-order valence-electron chi connectivity index (χ0n) is 26.2. The second kappa shape index (κ2) is 18.9. The molecule has 0 saturated carbocycles. The molecule has 0 amide bonds. The minimum absolute atomic E-state index is 0.0578. The van der Waals surface area contributed by atoms with Gasteiger partial charge in [0, 0.05) is 0 Å². The van der Waals surface area contributed by atoms with Gasteiger partial charge in [0.25, 0.3) is 0 Å². The standard InChI is InChI=1S/C36H54AsP3/c1-7-22-38(23-8-2)34-19-13-16-31(28-34)37(32-17-14-20-35(29-32)39(24-9-3)25-10-4)33-18-15-21-36(30-33)40(26-11-5)27-12-6/h13-21,28-30H,7-12,22-27H2,1-6H3. The zero-order valence-corrected chi connectivity index (χ0v) is 30.8. The molecule has 0 aliphatic carbocycles. The monoisotopic (exact) mass is 654 g/mol. The van der Waals surface area contributed by atoms with Crippen molar-refractivity contribution in [1.82, 2.24) is 0 Å². The summed E-state index contributed by atoms with van der Waals surface area (Å²) in [7, 11) is -0.173. The van der Waals surface area contributed by atoms with Crippen LogP contribution in [0.3, 0.4) is 0 Å². The number of benzene rings is 3. The van der Waals surface area contributed by atoms with E-state index in [0.717, 1.165) is 0 Å². The molecule has 3 rings (SSSR count). The second-order valence-electron chi connectivity index (χ2n) is 10.9. The summed E-state index contributed by atoms with van der Waals surface area (Å²) in [6.45, 7) is 14.2. The summed E-state index contributed by atoms with van der Waals surface area (Å²) >= 11 is -1.70. The predicted octanol–water partition coefficient (Wildman–Crippen LogP) is 7.98. The minimum atomic E-state index is -1.70. The Morgan fingerprint density at radius 3 is 0.875 bits per heavy atom. The Labute approximate surface area is 256 Å². The fourth-order valence-corrected chi connectivity index (χ4v) is 18.7. The summed E-state index contributed by atoms with van der Waals surface area (Å²) in [4.78, 5) is 0. The van der Waals surface area contributed by atoms with E-state index in [4.69, 9.17) is 0 Å². The molecule has 0 bridgehead atoms. The Bertz CT molecular complexity index is 971. The molecular weight excluding hydrogens is 600 g/mol. The summed E-state index contributed by atoms with van der Waals surface area (Å²) in [6, 6.07) is 30.0. The Morgan fingerprint density at radius 1 is 0.400 bits per heavy atom. The molecule has 218 valence electrons. The van der Waals surface area contributed by atoms with E-state index < -0.39 is 14.7 Å². The fraction of sp³-hybridized carbons (Fsp3) is 0.500. The second-order valence-corrected chi connectivity index (χ2v) is 23.0. The third-order valence-corrected chi connectivity index (χ3v) is 21.3. The first-order chi connectivity index (χ1) is 19.6. The van der Waals surface area contributed by atoms with Crippen LogP contribution in [0.25, 0.3) is 0 Å². The molecule has 0 fully saturated rings. The van der Waals surface area contributed by atoms with E-state index in [1.54, 1.807) is 29.0 Å². The van der Waals surface area contributed by atoms with Gasteiger partial charge in [-0.2, -0.15) is 0 Å². The maximum absolute atomic E-state index is 2.66. The molecule has 0 N–H and O–H groups in total. The molecule has 40 heavy (non-hydrogen) atoms. The third kappa shape index (κ3) is 9.78. The number of hydrogen-bond donors (Lipinski definition) is 0. The summed E-state index contributed by atoms with van der Waals surface area (Å²) < 4.78 is 4.89. The molecule has 0 aliphatic rings. The van der Waals surface area contributed by atoms with E-state index in [-0.39, 0.29) is 23.8 Å². The van der Waals surface area contributed by atoms with Gasteiger partial charge in [0.15, 0.2) is 0 Å².